The maximum Gasteiger partial charge on any atom is 0.159 e. The van der Waals surface area contributed by atoms with E-state index in [1.165, 1.54) is 75.3 Å². The first-order valence-electron chi connectivity index (χ1n) is 30.8. The normalized spacial score (nSPS) is 14.5. The summed E-state index contributed by atoms with van der Waals surface area (Å²) in [5, 5.41) is 10.8. The molecule has 410 valence electrons. The molecule has 2 saturated carbocycles. The molecule has 0 saturated heterocycles. The number of anilines is 6. The van der Waals surface area contributed by atoms with Crippen LogP contribution in [-0.2, 0) is 0 Å². The molecule has 0 aliphatic heterocycles. The van der Waals surface area contributed by atoms with Gasteiger partial charge in [0.1, 0.15) is 22.3 Å². The highest BCUT2D eigenvalue weighted by atomic mass is 16.3. The van der Waals surface area contributed by atoms with Crippen molar-refractivity contribution >= 4 is 121 Å². The number of benzene rings is 12. The maximum absolute atomic E-state index is 7.45. The molecule has 17 rings (SSSR count). The van der Waals surface area contributed by atoms with Crippen LogP contribution in [0.25, 0.3) is 110 Å². The third kappa shape index (κ3) is 8.11. The predicted molar refractivity (Wildman–Crippen MR) is 355 cm³/mol. The Hall–Kier alpha value is -9.84. The molecule has 15 aromatic rings. The fraction of sp³-hybridized carbons (Fsp3) is 0.150. The van der Waals surface area contributed by atoms with Crippen molar-refractivity contribution in [3.8, 4) is 22.3 Å². The van der Waals surface area contributed by atoms with Crippen molar-refractivity contribution in [1.29, 1.82) is 0 Å². The van der Waals surface area contributed by atoms with Crippen LogP contribution in [0.1, 0.15) is 87.2 Å². The molecule has 0 unspecified atom stereocenters. The lowest BCUT2D eigenvalue weighted by molar-refractivity contribution is 0.442. The van der Waals surface area contributed by atoms with E-state index in [1.807, 2.05) is 0 Å². The van der Waals surface area contributed by atoms with Gasteiger partial charge in [0.25, 0.3) is 0 Å². The first-order valence-corrected chi connectivity index (χ1v) is 30.8. The van der Waals surface area contributed by atoms with E-state index in [2.05, 4.69) is 252 Å². The zero-order valence-electron chi connectivity index (χ0n) is 47.4. The average molecular weight is 1100 g/mol. The van der Waals surface area contributed by atoms with Gasteiger partial charge in [0.2, 0.25) is 0 Å². The highest BCUT2D eigenvalue weighted by molar-refractivity contribution is 6.26. The van der Waals surface area contributed by atoms with E-state index < -0.39 is 0 Å². The summed E-state index contributed by atoms with van der Waals surface area (Å²) in [4.78, 5) is 4.95. The lowest BCUT2D eigenvalue weighted by atomic mass is 9.83. The molecule has 2 aliphatic rings. The standard InChI is InChI=1S/C80H62N2O3/c1-5-25-51(26-6-1)55-33-17-19-45-69(55)81(71-47-23-43-65-63-41-21-39-57(75(63)84-79(65)71)53-29-9-3-10-30-53)73-49-67-68-50-74(60-36-14-16-38-62(60)78(68)83-77(67)61-37-15-13-35-59(61)73)82(70-46-20-18-34-56(70)52-27-7-2-8-28-52)72-48-24-44-66-64-42-22-40-58(76(64)85-80(66)72)54-31-11-4-12-32-54/h1-2,5-8,13-28,33-50,53-54H,3-4,9-12,29-32H2. The average Bonchev–Trinajstić information content (AvgIpc) is 1.86. The highest BCUT2D eigenvalue weighted by Crippen LogP contribution is 2.54. The minimum atomic E-state index is 0.478. The summed E-state index contributed by atoms with van der Waals surface area (Å²) in [6.45, 7) is 0. The summed E-state index contributed by atoms with van der Waals surface area (Å²) in [6, 6.07) is 88.8. The molecule has 5 nitrogen and oxygen atoms in total. The first-order chi connectivity index (χ1) is 42.2. The minimum Gasteiger partial charge on any atom is -0.455 e. The van der Waals surface area contributed by atoms with Crippen molar-refractivity contribution in [2.24, 2.45) is 0 Å². The Labute approximate surface area is 493 Å². The van der Waals surface area contributed by atoms with Crippen molar-refractivity contribution in [3.05, 3.63) is 254 Å². The summed E-state index contributed by atoms with van der Waals surface area (Å²) in [5.74, 6) is 0.957. The van der Waals surface area contributed by atoms with Crippen LogP contribution in [0.4, 0.5) is 34.1 Å². The van der Waals surface area contributed by atoms with Crippen LogP contribution in [0.15, 0.2) is 256 Å². The fourth-order valence-electron chi connectivity index (χ4n) is 15.1. The van der Waals surface area contributed by atoms with Crippen LogP contribution in [-0.4, -0.2) is 0 Å². The SMILES string of the molecule is c1ccc(-c2ccccc2N(c2cc3c4cc(N(c5ccccc5-c5ccccc5)c5cccc6c5oc5c(C7CCCCC7)cccc56)c5ccccc5c4oc3c3ccccc23)c2cccc3c2oc2c(C4CCCCC4)cccc23)cc1. The Bertz CT molecular complexity index is 4740. The second-order valence-electron chi connectivity index (χ2n) is 23.8. The Kier molecular flexibility index (Phi) is 12.0. The number of nitrogens with zero attached hydrogens (tertiary/aromatic N) is 2. The zero-order valence-corrected chi connectivity index (χ0v) is 47.4. The number of hydrogen-bond donors (Lipinski definition) is 0. The van der Waals surface area contributed by atoms with Gasteiger partial charge in [-0.3, -0.25) is 0 Å². The van der Waals surface area contributed by atoms with Crippen molar-refractivity contribution in [2.45, 2.75) is 76.0 Å². The third-order valence-corrected chi connectivity index (χ3v) is 19.0. The summed E-state index contributed by atoms with van der Waals surface area (Å²) < 4.78 is 22.3. The van der Waals surface area contributed by atoms with E-state index >= 15 is 0 Å². The molecule has 0 spiro atoms. The fourth-order valence-corrected chi connectivity index (χ4v) is 15.1. The quantitative estimate of drug-likeness (QED) is 0.137. The molecular weight excluding hydrogens is 1040 g/mol. The van der Waals surface area contributed by atoms with Crippen LogP contribution in [0, 0.1) is 0 Å². The lowest BCUT2D eigenvalue weighted by Gasteiger charge is -2.29. The molecule has 12 aromatic carbocycles. The summed E-state index contributed by atoms with van der Waals surface area (Å²) in [5.41, 5.74) is 18.7. The summed E-state index contributed by atoms with van der Waals surface area (Å²) in [6.07, 6.45) is 12.4. The number of para-hydroxylation sites is 6. The van der Waals surface area contributed by atoms with Gasteiger partial charge in [-0.1, -0.05) is 245 Å². The Morgan fingerprint density at radius 1 is 0.235 bits per heavy atom. The highest BCUT2D eigenvalue weighted by Gasteiger charge is 2.31. The smallest absolute Gasteiger partial charge is 0.159 e. The molecule has 2 aliphatic carbocycles. The van der Waals surface area contributed by atoms with Crippen LogP contribution in [0.3, 0.4) is 0 Å². The molecule has 5 heteroatoms. The van der Waals surface area contributed by atoms with E-state index in [0.717, 1.165) is 144 Å². The van der Waals surface area contributed by atoms with E-state index in [4.69, 9.17) is 13.3 Å². The second-order valence-corrected chi connectivity index (χ2v) is 23.8. The molecule has 0 bridgehead atoms. The van der Waals surface area contributed by atoms with E-state index in [-0.39, 0.29) is 0 Å². The number of hydrogen-bond acceptors (Lipinski definition) is 5. The zero-order chi connectivity index (χ0) is 56.0. The van der Waals surface area contributed by atoms with Crippen molar-refractivity contribution in [3.63, 3.8) is 0 Å². The van der Waals surface area contributed by atoms with Gasteiger partial charge < -0.3 is 23.1 Å². The molecule has 3 aromatic heterocycles. The van der Waals surface area contributed by atoms with Gasteiger partial charge in [0, 0.05) is 65.0 Å². The van der Waals surface area contributed by atoms with Gasteiger partial charge >= 0.3 is 0 Å². The van der Waals surface area contributed by atoms with Gasteiger partial charge in [0.05, 0.1) is 34.1 Å². The van der Waals surface area contributed by atoms with Gasteiger partial charge in [0.15, 0.2) is 11.2 Å². The monoisotopic (exact) mass is 1100 g/mol. The van der Waals surface area contributed by atoms with Crippen LogP contribution >= 0.6 is 0 Å². The van der Waals surface area contributed by atoms with E-state index in [0.29, 0.717) is 11.8 Å². The Morgan fingerprint density at radius 3 is 0.988 bits per heavy atom. The van der Waals surface area contributed by atoms with Crippen molar-refractivity contribution in [2.75, 3.05) is 9.80 Å². The van der Waals surface area contributed by atoms with E-state index in [1.54, 1.807) is 0 Å². The van der Waals surface area contributed by atoms with Gasteiger partial charge in [-0.2, -0.15) is 0 Å². The van der Waals surface area contributed by atoms with Crippen LogP contribution in [0.2, 0.25) is 0 Å². The number of fused-ring (bicyclic) bond motifs is 13. The molecular formula is C80H62N2O3. The summed E-state index contributed by atoms with van der Waals surface area (Å²) in [7, 11) is 0. The molecule has 2 fully saturated rings. The number of furan rings is 3. The Morgan fingerprint density at radius 2 is 0.553 bits per heavy atom. The lowest BCUT2D eigenvalue weighted by Crippen LogP contribution is -2.12. The second kappa shape index (κ2) is 20.5. The largest absolute Gasteiger partial charge is 0.455 e. The van der Waals surface area contributed by atoms with E-state index in [9.17, 15) is 0 Å². The third-order valence-electron chi connectivity index (χ3n) is 19.0. The molecule has 3 heterocycles. The minimum absolute atomic E-state index is 0.478. The summed E-state index contributed by atoms with van der Waals surface area (Å²) >= 11 is 0. The Balaban J connectivity index is 0.959. The predicted octanol–water partition coefficient (Wildman–Crippen LogP) is 24.1. The molecule has 85 heavy (non-hydrogen) atoms. The van der Waals surface area contributed by atoms with Crippen molar-refractivity contribution < 1.29 is 13.3 Å². The first kappa shape index (κ1) is 49.7. The molecule has 0 radical (unpaired) electrons. The topological polar surface area (TPSA) is 45.9 Å². The maximum atomic E-state index is 7.45. The van der Waals surface area contributed by atoms with Gasteiger partial charge in [-0.15, -0.1) is 0 Å². The van der Waals surface area contributed by atoms with Gasteiger partial charge in [-0.05, 0) is 96.2 Å². The molecule has 0 N–H and O–H groups in total. The van der Waals surface area contributed by atoms with Crippen LogP contribution < -0.4 is 9.80 Å². The van der Waals surface area contributed by atoms with Crippen molar-refractivity contribution in [1.82, 2.24) is 0 Å². The van der Waals surface area contributed by atoms with Gasteiger partial charge in [-0.25, -0.2) is 0 Å². The number of rotatable bonds is 10. The molecule has 0 amide bonds. The molecule has 0 atom stereocenters. The van der Waals surface area contributed by atoms with Crippen LogP contribution in [0.5, 0.6) is 0 Å².